The summed E-state index contributed by atoms with van der Waals surface area (Å²) in [7, 11) is 0. The molecule has 2 aromatic carbocycles. The number of hydrogen-bond donors (Lipinski definition) is 1. The molecule has 0 bridgehead atoms. The van der Waals surface area contributed by atoms with Crippen molar-refractivity contribution in [1.82, 2.24) is 9.36 Å². The van der Waals surface area contributed by atoms with Crippen molar-refractivity contribution >= 4 is 34.3 Å². The van der Waals surface area contributed by atoms with Crippen LogP contribution in [0.15, 0.2) is 54.6 Å². The molecule has 0 unspecified atom stereocenters. The molecule has 0 fully saturated rings. The first kappa shape index (κ1) is 17.4. The van der Waals surface area contributed by atoms with E-state index < -0.39 is 10.8 Å². The normalized spacial score (nSPS) is 10.8. The Labute approximate surface area is 151 Å². The number of nitro benzene ring substituents is 1. The maximum absolute atomic E-state index is 12.9. The second-order valence-electron chi connectivity index (χ2n) is 5.10. The molecular weight excluding hydrogens is 359 g/mol. The summed E-state index contributed by atoms with van der Waals surface area (Å²) in [4.78, 5) is 26.4. The minimum atomic E-state index is -0.504. The Kier molecular flexibility index (Phi) is 5.09. The van der Waals surface area contributed by atoms with Crippen molar-refractivity contribution in [3.05, 3.63) is 76.1 Å². The highest BCUT2D eigenvalue weighted by Crippen LogP contribution is 2.21. The summed E-state index contributed by atoms with van der Waals surface area (Å²) in [6.45, 7) is 0. The topological polar surface area (TPSA) is 98.0 Å². The van der Waals surface area contributed by atoms with Gasteiger partial charge in [0.1, 0.15) is 5.82 Å². The van der Waals surface area contributed by atoms with Gasteiger partial charge in [-0.25, -0.2) is 4.39 Å². The van der Waals surface area contributed by atoms with Crippen molar-refractivity contribution in [2.75, 3.05) is 5.32 Å². The predicted octanol–water partition coefficient (Wildman–Crippen LogP) is 3.90. The lowest BCUT2D eigenvalue weighted by atomic mass is 10.2. The molecule has 0 atom stereocenters. The smallest absolute Gasteiger partial charge is 0.270 e. The molecule has 3 aromatic rings. The molecule has 1 N–H and O–H groups in total. The zero-order valence-corrected chi connectivity index (χ0v) is 13.9. The van der Waals surface area contributed by atoms with E-state index in [9.17, 15) is 19.3 Å². The number of non-ortho nitro benzene ring substituents is 1. The summed E-state index contributed by atoms with van der Waals surface area (Å²) in [5.74, 6) is -0.421. The molecule has 26 heavy (non-hydrogen) atoms. The van der Waals surface area contributed by atoms with E-state index in [1.165, 1.54) is 42.5 Å². The molecule has 9 heteroatoms. The van der Waals surface area contributed by atoms with Gasteiger partial charge >= 0.3 is 0 Å². The van der Waals surface area contributed by atoms with Crippen molar-refractivity contribution in [1.29, 1.82) is 0 Å². The molecule has 0 radical (unpaired) electrons. The fourth-order valence-corrected chi connectivity index (χ4v) is 2.64. The number of rotatable bonds is 5. The van der Waals surface area contributed by atoms with Gasteiger partial charge in [-0.2, -0.15) is 9.36 Å². The van der Waals surface area contributed by atoms with E-state index in [0.29, 0.717) is 17.0 Å². The highest BCUT2D eigenvalue weighted by molar-refractivity contribution is 7.10. The molecule has 0 saturated carbocycles. The van der Waals surface area contributed by atoms with Crippen LogP contribution >= 0.6 is 11.5 Å². The first-order valence-corrected chi connectivity index (χ1v) is 8.12. The van der Waals surface area contributed by atoms with Crippen molar-refractivity contribution in [2.45, 2.75) is 0 Å². The van der Waals surface area contributed by atoms with E-state index >= 15 is 0 Å². The number of carbonyl (C=O) groups is 1. The number of nitrogens with zero attached hydrogens (tertiary/aromatic N) is 3. The maximum atomic E-state index is 12.9. The summed E-state index contributed by atoms with van der Waals surface area (Å²) in [5, 5.41) is 13.6. The minimum Gasteiger partial charge on any atom is -0.297 e. The lowest BCUT2D eigenvalue weighted by Crippen LogP contribution is -2.07. The van der Waals surface area contributed by atoms with E-state index in [4.69, 9.17) is 0 Å². The van der Waals surface area contributed by atoms with E-state index in [1.807, 2.05) is 0 Å². The fraction of sp³-hybridized carbons (Fsp3) is 0. The average molecular weight is 370 g/mol. The molecule has 0 aliphatic rings. The quantitative estimate of drug-likeness (QED) is 0.417. The number of nitrogens with one attached hydrogen (secondary N) is 1. The monoisotopic (exact) mass is 370 g/mol. The second kappa shape index (κ2) is 7.62. The van der Waals surface area contributed by atoms with Crippen LogP contribution in [-0.4, -0.2) is 20.2 Å². The van der Waals surface area contributed by atoms with Crippen LogP contribution in [0.3, 0.4) is 0 Å². The summed E-state index contributed by atoms with van der Waals surface area (Å²) >= 11 is 0.995. The van der Waals surface area contributed by atoms with Crippen LogP contribution in [0, 0.1) is 15.9 Å². The van der Waals surface area contributed by atoms with Gasteiger partial charge in [0.05, 0.1) is 4.92 Å². The van der Waals surface area contributed by atoms with Gasteiger partial charge in [0.2, 0.25) is 11.0 Å². The number of carbonyl (C=O) groups excluding carboxylic acids is 1. The summed E-state index contributed by atoms with van der Waals surface area (Å²) in [5.41, 5.74) is 1.11. The van der Waals surface area contributed by atoms with E-state index in [1.54, 1.807) is 18.2 Å². The number of benzene rings is 2. The molecule has 0 aliphatic heterocycles. The number of halogens is 1. The van der Waals surface area contributed by atoms with E-state index in [0.717, 1.165) is 11.5 Å². The molecule has 0 spiro atoms. The Bertz CT molecular complexity index is 986. The van der Waals surface area contributed by atoms with Crippen molar-refractivity contribution < 1.29 is 14.1 Å². The zero-order chi connectivity index (χ0) is 18.5. The van der Waals surface area contributed by atoms with Gasteiger partial charge in [-0.3, -0.25) is 20.2 Å². The Morgan fingerprint density at radius 3 is 2.73 bits per heavy atom. The molecule has 1 heterocycles. The Hall–Kier alpha value is -3.46. The number of hydrogen-bond acceptors (Lipinski definition) is 6. The van der Waals surface area contributed by atoms with Crippen LogP contribution < -0.4 is 5.32 Å². The van der Waals surface area contributed by atoms with Gasteiger partial charge in [-0.1, -0.05) is 12.1 Å². The molecule has 1 aromatic heterocycles. The van der Waals surface area contributed by atoms with Crippen molar-refractivity contribution in [2.24, 2.45) is 0 Å². The molecule has 7 nitrogen and oxygen atoms in total. The summed E-state index contributed by atoms with van der Waals surface area (Å²) in [6.07, 6.45) is 2.71. The standard InChI is InChI=1S/C17H11FN4O3S/c18-13-7-5-12(6-8-13)16-20-17(26-21-16)19-15(23)9-4-11-2-1-3-14(10-11)22(24)25/h1-10H,(H,19,20,21,23)/b9-4+. The lowest BCUT2D eigenvalue weighted by Gasteiger charge is -1.96. The number of amides is 1. The van der Waals surface area contributed by atoms with Crippen LogP contribution in [0.2, 0.25) is 0 Å². The third-order valence-electron chi connectivity index (χ3n) is 3.27. The van der Waals surface area contributed by atoms with Gasteiger partial charge in [-0.15, -0.1) is 0 Å². The summed E-state index contributed by atoms with van der Waals surface area (Å²) in [6, 6.07) is 11.6. The fourth-order valence-electron chi connectivity index (χ4n) is 2.05. The molecule has 1 amide bonds. The van der Waals surface area contributed by atoms with Crippen LogP contribution in [0.5, 0.6) is 0 Å². The van der Waals surface area contributed by atoms with E-state index in [2.05, 4.69) is 14.7 Å². The van der Waals surface area contributed by atoms with Crippen molar-refractivity contribution in [3.63, 3.8) is 0 Å². The Morgan fingerprint density at radius 2 is 2.00 bits per heavy atom. The molecular formula is C17H11FN4O3S. The first-order chi connectivity index (χ1) is 12.5. The highest BCUT2D eigenvalue weighted by Gasteiger charge is 2.09. The SMILES string of the molecule is O=C(/C=C/c1cccc([N+](=O)[O-])c1)Nc1nc(-c2ccc(F)cc2)ns1. The van der Waals surface area contributed by atoms with E-state index in [-0.39, 0.29) is 16.6 Å². The van der Waals surface area contributed by atoms with Crippen molar-refractivity contribution in [3.8, 4) is 11.4 Å². The zero-order valence-electron chi connectivity index (χ0n) is 13.1. The second-order valence-corrected chi connectivity index (χ2v) is 5.86. The number of anilines is 1. The largest absolute Gasteiger partial charge is 0.297 e. The molecule has 0 aliphatic carbocycles. The minimum absolute atomic E-state index is 0.0550. The Balaban J connectivity index is 1.66. The average Bonchev–Trinajstić information content (AvgIpc) is 3.09. The summed E-state index contributed by atoms with van der Waals surface area (Å²) < 4.78 is 17.0. The van der Waals surface area contributed by atoms with Gasteiger partial charge in [0, 0.05) is 35.3 Å². The number of nitro groups is 1. The van der Waals surface area contributed by atoms with Gasteiger partial charge in [0.15, 0.2) is 5.82 Å². The van der Waals surface area contributed by atoms with Crippen LogP contribution in [0.25, 0.3) is 17.5 Å². The van der Waals surface area contributed by atoms with Crippen LogP contribution in [0.1, 0.15) is 5.56 Å². The molecule has 3 rings (SSSR count). The third kappa shape index (κ3) is 4.33. The van der Waals surface area contributed by atoms with Gasteiger partial charge in [0.25, 0.3) is 5.69 Å². The molecule has 0 saturated heterocycles. The van der Waals surface area contributed by atoms with Crippen LogP contribution in [0.4, 0.5) is 15.2 Å². The lowest BCUT2D eigenvalue weighted by molar-refractivity contribution is -0.384. The first-order valence-electron chi connectivity index (χ1n) is 7.34. The Morgan fingerprint density at radius 1 is 1.23 bits per heavy atom. The van der Waals surface area contributed by atoms with Crippen LogP contribution in [-0.2, 0) is 4.79 Å². The third-order valence-corrected chi connectivity index (χ3v) is 3.90. The van der Waals surface area contributed by atoms with Gasteiger partial charge < -0.3 is 0 Å². The number of aromatic nitrogens is 2. The highest BCUT2D eigenvalue weighted by atomic mass is 32.1. The predicted molar refractivity (Wildman–Crippen MR) is 96.1 cm³/mol. The molecule has 130 valence electrons. The maximum Gasteiger partial charge on any atom is 0.270 e. The van der Waals surface area contributed by atoms with Gasteiger partial charge in [-0.05, 0) is 35.9 Å².